The van der Waals surface area contributed by atoms with E-state index in [1.54, 1.807) is 0 Å². The highest BCUT2D eigenvalue weighted by Crippen LogP contribution is 2.19. The van der Waals surface area contributed by atoms with Crippen molar-refractivity contribution in [2.75, 3.05) is 18.4 Å². The minimum atomic E-state index is 0.343. The third kappa shape index (κ3) is 3.29. The molecular formula is C10H18BrNO. The van der Waals surface area contributed by atoms with Gasteiger partial charge in [0.1, 0.15) is 0 Å². The molecule has 0 N–H and O–H groups in total. The Hall–Kier alpha value is -0.0500. The van der Waals surface area contributed by atoms with Crippen LogP contribution in [-0.2, 0) is 4.79 Å². The highest BCUT2D eigenvalue weighted by molar-refractivity contribution is 9.09. The van der Waals surface area contributed by atoms with Gasteiger partial charge in [0.2, 0.25) is 5.91 Å². The molecule has 2 nitrogen and oxygen atoms in total. The Morgan fingerprint density at radius 2 is 2.08 bits per heavy atom. The van der Waals surface area contributed by atoms with E-state index in [0.29, 0.717) is 5.91 Å². The van der Waals surface area contributed by atoms with E-state index in [-0.39, 0.29) is 0 Å². The first-order valence-electron chi connectivity index (χ1n) is 5.11. The smallest absolute Gasteiger partial charge is 0.222 e. The summed E-state index contributed by atoms with van der Waals surface area (Å²) >= 11 is 3.50. The second-order valence-corrected chi connectivity index (χ2v) is 4.38. The summed E-state index contributed by atoms with van der Waals surface area (Å²) in [6, 6.07) is 0. The van der Waals surface area contributed by atoms with Crippen molar-refractivity contribution in [3.63, 3.8) is 0 Å². The van der Waals surface area contributed by atoms with Crippen LogP contribution in [0.25, 0.3) is 0 Å². The number of alkyl halides is 1. The van der Waals surface area contributed by atoms with Gasteiger partial charge in [-0.1, -0.05) is 22.9 Å². The molecular weight excluding hydrogens is 230 g/mol. The molecule has 76 valence electrons. The highest BCUT2D eigenvalue weighted by atomic mass is 79.9. The molecule has 0 spiro atoms. The molecule has 3 heteroatoms. The molecule has 1 aliphatic rings. The molecule has 0 aromatic carbocycles. The van der Waals surface area contributed by atoms with Gasteiger partial charge in [-0.2, -0.15) is 0 Å². The van der Waals surface area contributed by atoms with E-state index in [1.807, 2.05) is 4.90 Å². The molecule has 1 saturated heterocycles. The lowest BCUT2D eigenvalue weighted by Gasteiger charge is -2.31. The Bertz CT molecular complexity index is 164. The van der Waals surface area contributed by atoms with Gasteiger partial charge >= 0.3 is 0 Å². The predicted octanol–water partition coefficient (Wildman–Crippen LogP) is 2.42. The number of carbonyl (C=O) groups excluding carboxylic acids is 1. The molecule has 1 aliphatic heterocycles. The average Bonchev–Trinajstić information content (AvgIpc) is 2.18. The van der Waals surface area contributed by atoms with Crippen LogP contribution in [0.5, 0.6) is 0 Å². The van der Waals surface area contributed by atoms with Gasteiger partial charge in [-0.05, 0) is 25.2 Å². The molecule has 0 atom stereocenters. The Morgan fingerprint density at radius 3 is 2.54 bits per heavy atom. The Morgan fingerprint density at radius 1 is 1.46 bits per heavy atom. The summed E-state index contributed by atoms with van der Waals surface area (Å²) < 4.78 is 0. The van der Waals surface area contributed by atoms with Crippen LogP contribution in [0.2, 0.25) is 0 Å². The van der Waals surface area contributed by atoms with E-state index >= 15 is 0 Å². The molecule has 0 radical (unpaired) electrons. The van der Waals surface area contributed by atoms with Crippen molar-refractivity contribution >= 4 is 21.8 Å². The highest BCUT2D eigenvalue weighted by Gasteiger charge is 2.20. The van der Waals surface area contributed by atoms with Gasteiger partial charge in [-0.25, -0.2) is 0 Å². The Labute approximate surface area is 88.8 Å². The molecule has 13 heavy (non-hydrogen) atoms. The number of hydrogen-bond donors (Lipinski definition) is 0. The van der Waals surface area contributed by atoms with Gasteiger partial charge in [0.15, 0.2) is 0 Å². The molecule has 0 aromatic heterocycles. The summed E-state index contributed by atoms with van der Waals surface area (Å²) in [5, 5.41) is 1.09. The maximum atomic E-state index is 11.5. The lowest BCUT2D eigenvalue weighted by atomic mass is 9.99. The lowest BCUT2D eigenvalue weighted by molar-refractivity contribution is -0.132. The second-order valence-electron chi connectivity index (χ2n) is 3.73. The fraction of sp³-hybridized carbons (Fsp3) is 0.900. The molecule has 0 saturated carbocycles. The maximum Gasteiger partial charge on any atom is 0.222 e. The molecule has 1 heterocycles. The van der Waals surface area contributed by atoms with Crippen LogP contribution in [0.3, 0.4) is 0 Å². The first-order valence-corrected chi connectivity index (χ1v) is 6.23. The van der Waals surface area contributed by atoms with Crippen LogP contribution in [0, 0.1) is 5.92 Å². The van der Waals surface area contributed by atoms with E-state index < -0.39 is 0 Å². The molecule has 1 amide bonds. The van der Waals surface area contributed by atoms with Crippen molar-refractivity contribution in [2.24, 2.45) is 5.92 Å². The zero-order chi connectivity index (χ0) is 9.68. The number of likely N-dealkylation sites (tertiary alicyclic amines) is 1. The summed E-state index contributed by atoms with van der Waals surface area (Å²) in [5.41, 5.74) is 0. The quantitative estimate of drug-likeness (QED) is 0.702. The normalized spacial score (nSPS) is 19.1. The molecule has 1 fully saturated rings. The predicted molar refractivity (Wildman–Crippen MR) is 58.0 cm³/mol. The number of carbonyl (C=O) groups is 1. The number of amides is 1. The van der Waals surface area contributed by atoms with Crippen molar-refractivity contribution < 1.29 is 4.79 Å². The summed E-state index contributed by atoms with van der Waals surface area (Å²) in [5.74, 6) is 1.13. The van der Waals surface area contributed by atoms with E-state index in [2.05, 4.69) is 22.9 Å². The minimum Gasteiger partial charge on any atom is -0.343 e. The van der Waals surface area contributed by atoms with Gasteiger partial charge in [0, 0.05) is 24.8 Å². The van der Waals surface area contributed by atoms with E-state index in [4.69, 9.17) is 0 Å². The summed E-state index contributed by atoms with van der Waals surface area (Å²) in [6.07, 6.45) is 4.03. The first-order chi connectivity index (χ1) is 6.27. The fourth-order valence-electron chi connectivity index (χ4n) is 1.71. The van der Waals surface area contributed by atoms with E-state index in [9.17, 15) is 4.79 Å². The molecule has 0 unspecified atom stereocenters. The van der Waals surface area contributed by atoms with Gasteiger partial charge in [0.25, 0.3) is 0 Å². The summed E-state index contributed by atoms with van der Waals surface area (Å²) in [7, 11) is 0. The number of piperidine rings is 1. The maximum absolute atomic E-state index is 11.5. The molecule has 0 aliphatic carbocycles. The van der Waals surface area contributed by atoms with Crippen LogP contribution in [-0.4, -0.2) is 29.2 Å². The molecule has 1 rings (SSSR count). The number of hydrogen-bond acceptors (Lipinski definition) is 1. The van der Waals surface area contributed by atoms with E-state index in [0.717, 1.165) is 37.2 Å². The van der Waals surface area contributed by atoms with Crippen LogP contribution in [0.4, 0.5) is 0 Å². The van der Waals surface area contributed by atoms with Gasteiger partial charge in [0.05, 0.1) is 0 Å². The minimum absolute atomic E-state index is 0.343. The van der Waals surface area contributed by atoms with Crippen molar-refractivity contribution in [1.82, 2.24) is 4.90 Å². The third-order valence-corrected chi connectivity index (χ3v) is 3.56. The van der Waals surface area contributed by atoms with Crippen molar-refractivity contribution in [3.05, 3.63) is 0 Å². The average molecular weight is 248 g/mol. The Kier molecular flexibility index (Phi) is 4.78. The zero-order valence-corrected chi connectivity index (χ0v) is 9.85. The number of halogens is 1. The summed E-state index contributed by atoms with van der Waals surface area (Å²) in [6.45, 7) is 3.99. The SMILES string of the molecule is CCCC(=O)N1CCC(CBr)CC1. The van der Waals surface area contributed by atoms with Crippen molar-refractivity contribution in [1.29, 1.82) is 0 Å². The standard InChI is InChI=1S/C10H18BrNO/c1-2-3-10(13)12-6-4-9(8-11)5-7-12/h9H,2-8H2,1H3. The fourth-order valence-corrected chi connectivity index (χ4v) is 2.36. The van der Waals surface area contributed by atoms with Crippen LogP contribution in [0.15, 0.2) is 0 Å². The molecule has 0 aromatic rings. The van der Waals surface area contributed by atoms with E-state index in [1.165, 1.54) is 12.8 Å². The Balaban J connectivity index is 2.28. The first kappa shape index (κ1) is 11.0. The van der Waals surface area contributed by atoms with Gasteiger partial charge in [-0.15, -0.1) is 0 Å². The van der Waals surface area contributed by atoms with Crippen LogP contribution >= 0.6 is 15.9 Å². The van der Waals surface area contributed by atoms with Gasteiger partial charge in [-0.3, -0.25) is 4.79 Å². The third-order valence-electron chi connectivity index (χ3n) is 2.65. The van der Waals surface area contributed by atoms with Crippen molar-refractivity contribution in [3.8, 4) is 0 Å². The van der Waals surface area contributed by atoms with Crippen LogP contribution in [0.1, 0.15) is 32.6 Å². The molecule has 0 bridgehead atoms. The topological polar surface area (TPSA) is 20.3 Å². The van der Waals surface area contributed by atoms with Crippen molar-refractivity contribution in [2.45, 2.75) is 32.6 Å². The number of rotatable bonds is 3. The largest absolute Gasteiger partial charge is 0.343 e. The lowest BCUT2D eigenvalue weighted by Crippen LogP contribution is -2.38. The summed E-state index contributed by atoms with van der Waals surface area (Å²) in [4.78, 5) is 13.5. The zero-order valence-electron chi connectivity index (χ0n) is 8.26. The van der Waals surface area contributed by atoms with Crippen LogP contribution < -0.4 is 0 Å². The number of nitrogens with zero attached hydrogens (tertiary/aromatic N) is 1. The monoisotopic (exact) mass is 247 g/mol. The van der Waals surface area contributed by atoms with Gasteiger partial charge < -0.3 is 4.90 Å². The second kappa shape index (κ2) is 5.63.